The summed E-state index contributed by atoms with van der Waals surface area (Å²) in [5, 5.41) is 2.88. The molecule has 0 unspecified atom stereocenters. The van der Waals surface area contributed by atoms with E-state index in [1.165, 1.54) is 0 Å². The Hall–Kier alpha value is -1.56. The van der Waals surface area contributed by atoms with Gasteiger partial charge in [-0.3, -0.25) is 9.52 Å². The SMILES string of the molecule is CC(C)CC(=O)N[C@@H](C)c1ccccc1NS(C)(=O)=O. The normalized spacial score (nSPS) is 13.1. The molecule has 1 amide bonds. The summed E-state index contributed by atoms with van der Waals surface area (Å²) in [4.78, 5) is 11.8. The fourth-order valence-corrected chi connectivity index (χ4v) is 2.50. The Labute approximate surface area is 120 Å². The van der Waals surface area contributed by atoms with Crippen LogP contribution in [0.25, 0.3) is 0 Å². The van der Waals surface area contributed by atoms with Crippen LogP contribution in [0, 0.1) is 5.92 Å². The number of anilines is 1. The molecule has 0 saturated heterocycles. The van der Waals surface area contributed by atoms with Gasteiger partial charge in [-0.05, 0) is 24.5 Å². The number of rotatable bonds is 6. The van der Waals surface area contributed by atoms with Crippen molar-refractivity contribution in [2.45, 2.75) is 33.2 Å². The molecule has 0 fully saturated rings. The second-order valence-electron chi connectivity index (χ2n) is 5.35. The molecule has 0 saturated carbocycles. The van der Waals surface area contributed by atoms with Gasteiger partial charge in [-0.1, -0.05) is 32.0 Å². The fourth-order valence-electron chi connectivity index (χ4n) is 1.92. The zero-order valence-corrected chi connectivity index (χ0v) is 13.1. The van der Waals surface area contributed by atoms with E-state index >= 15 is 0 Å². The Morgan fingerprint density at radius 1 is 1.20 bits per heavy atom. The van der Waals surface area contributed by atoms with Gasteiger partial charge in [0.15, 0.2) is 0 Å². The molecule has 1 rings (SSSR count). The van der Waals surface area contributed by atoms with Crippen LogP contribution in [0.4, 0.5) is 5.69 Å². The molecule has 0 aliphatic heterocycles. The molecule has 0 aromatic heterocycles. The number of hydrogen-bond acceptors (Lipinski definition) is 3. The molecular weight excluding hydrogens is 276 g/mol. The molecule has 1 aromatic carbocycles. The summed E-state index contributed by atoms with van der Waals surface area (Å²) in [6.07, 6.45) is 1.55. The molecule has 0 heterocycles. The largest absolute Gasteiger partial charge is 0.349 e. The second-order valence-corrected chi connectivity index (χ2v) is 7.10. The average molecular weight is 298 g/mol. The number of sulfonamides is 1. The first-order valence-electron chi connectivity index (χ1n) is 6.55. The van der Waals surface area contributed by atoms with Gasteiger partial charge >= 0.3 is 0 Å². The van der Waals surface area contributed by atoms with Crippen LogP contribution in [-0.2, 0) is 14.8 Å². The van der Waals surface area contributed by atoms with Crippen molar-refractivity contribution < 1.29 is 13.2 Å². The Balaban J connectivity index is 2.87. The van der Waals surface area contributed by atoms with E-state index in [4.69, 9.17) is 0 Å². The average Bonchev–Trinajstić information content (AvgIpc) is 2.25. The van der Waals surface area contributed by atoms with E-state index in [9.17, 15) is 13.2 Å². The van der Waals surface area contributed by atoms with Crippen LogP contribution in [-0.4, -0.2) is 20.6 Å². The van der Waals surface area contributed by atoms with Crippen LogP contribution >= 0.6 is 0 Å². The first-order valence-corrected chi connectivity index (χ1v) is 8.44. The maximum atomic E-state index is 11.8. The second kappa shape index (κ2) is 6.74. The minimum Gasteiger partial charge on any atom is -0.349 e. The number of benzene rings is 1. The van der Waals surface area contributed by atoms with Gasteiger partial charge in [0.05, 0.1) is 18.0 Å². The van der Waals surface area contributed by atoms with Gasteiger partial charge < -0.3 is 5.32 Å². The highest BCUT2D eigenvalue weighted by atomic mass is 32.2. The summed E-state index contributed by atoms with van der Waals surface area (Å²) in [6.45, 7) is 5.79. The van der Waals surface area contributed by atoms with Crippen LogP contribution in [0.3, 0.4) is 0 Å². The van der Waals surface area contributed by atoms with Crippen molar-refractivity contribution in [3.63, 3.8) is 0 Å². The van der Waals surface area contributed by atoms with Crippen LogP contribution in [0.1, 0.15) is 38.8 Å². The van der Waals surface area contributed by atoms with E-state index in [2.05, 4.69) is 10.0 Å². The Morgan fingerprint density at radius 2 is 1.80 bits per heavy atom. The van der Waals surface area contributed by atoms with E-state index in [1.807, 2.05) is 26.8 Å². The summed E-state index contributed by atoms with van der Waals surface area (Å²) in [5.74, 6) is 0.244. The zero-order chi connectivity index (χ0) is 15.3. The summed E-state index contributed by atoms with van der Waals surface area (Å²) < 4.78 is 25.2. The first-order chi connectivity index (χ1) is 9.19. The third-order valence-corrected chi connectivity index (χ3v) is 3.28. The number of carbonyl (C=O) groups excluding carboxylic acids is 1. The zero-order valence-electron chi connectivity index (χ0n) is 12.3. The summed E-state index contributed by atoms with van der Waals surface area (Å²) in [6, 6.07) is 6.79. The van der Waals surface area contributed by atoms with E-state index < -0.39 is 10.0 Å². The van der Waals surface area contributed by atoms with Crippen molar-refractivity contribution >= 4 is 21.6 Å². The highest BCUT2D eigenvalue weighted by Crippen LogP contribution is 2.23. The molecule has 5 nitrogen and oxygen atoms in total. The molecule has 2 N–H and O–H groups in total. The molecular formula is C14H22N2O3S. The van der Waals surface area contributed by atoms with Crippen molar-refractivity contribution in [2.24, 2.45) is 5.92 Å². The van der Waals surface area contributed by atoms with Gasteiger partial charge in [0.2, 0.25) is 15.9 Å². The number of amides is 1. The number of carbonyl (C=O) groups is 1. The van der Waals surface area contributed by atoms with Crippen molar-refractivity contribution in [3.8, 4) is 0 Å². The van der Waals surface area contributed by atoms with Gasteiger partial charge in [0.1, 0.15) is 0 Å². The standard InChI is InChI=1S/C14H22N2O3S/c1-10(2)9-14(17)15-11(3)12-7-5-6-8-13(12)16-20(4,18)19/h5-8,10-11,16H,9H2,1-4H3,(H,15,17)/t11-/m0/s1. The Bertz CT molecular complexity index is 568. The van der Waals surface area contributed by atoms with Crippen LogP contribution in [0.5, 0.6) is 0 Å². The van der Waals surface area contributed by atoms with Crippen molar-refractivity contribution in [2.75, 3.05) is 11.0 Å². The minimum absolute atomic E-state index is 0.0401. The Morgan fingerprint density at radius 3 is 2.35 bits per heavy atom. The van der Waals surface area contributed by atoms with Gasteiger partial charge in [0, 0.05) is 6.42 Å². The molecule has 6 heteroatoms. The third kappa shape index (κ3) is 5.61. The number of nitrogens with one attached hydrogen (secondary N) is 2. The summed E-state index contributed by atoms with van der Waals surface area (Å²) >= 11 is 0. The highest BCUT2D eigenvalue weighted by molar-refractivity contribution is 7.92. The molecule has 0 aliphatic carbocycles. The highest BCUT2D eigenvalue weighted by Gasteiger charge is 2.15. The molecule has 1 aromatic rings. The van der Waals surface area contributed by atoms with Crippen molar-refractivity contribution in [1.29, 1.82) is 0 Å². The Kier molecular flexibility index (Phi) is 5.56. The van der Waals surface area contributed by atoms with E-state index in [1.54, 1.807) is 18.2 Å². The maximum absolute atomic E-state index is 11.8. The molecule has 0 bridgehead atoms. The monoisotopic (exact) mass is 298 g/mol. The smallest absolute Gasteiger partial charge is 0.229 e. The molecule has 0 aliphatic rings. The van der Waals surface area contributed by atoms with Crippen molar-refractivity contribution in [1.82, 2.24) is 5.32 Å². The summed E-state index contributed by atoms with van der Waals surface area (Å²) in [5.41, 5.74) is 1.24. The van der Waals surface area contributed by atoms with Gasteiger partial charge in [0.25, 0.3) is 0 Å². The summed E-state index contributed by atoms with van der Waals surface area (Å²) in [7, 11) is -3.34. The molecule has 1 atom stereocenters. The lowest BCUT2D eigenvalue weighted by atomic mass is 10.1. The van der Waals surface area contributed by atoms with Crippen LogP contribution < -0.4 is 10.0 Å². The van der Waals surface area contributed by atoms with E-state index in [0.29, 0.717) is 12.1 Å². The van der Waals surface area contributed by atoms with Crippen LogP contribution in [0.15, 0.2) is 24.3 Å². The lowest BCUT2D eigenvalue weighted by Gasteiger charge is -2.19. The predicted octanol–water partition coefficient (Wildman–Crippen LogP) is 2.28. The van der Waals surface area contributed by atoms with E-state index in [0.717, 1.165) is 11.8 Å². The van der Waals surface area contributed by atoms with Gasteiger partial charge in [-0.2, -0.15) is 0 Å². The maximum Gasteiger partial charge on any atom is 0.229 e. The fraction of sp³-hybridized carbons (Fsp3) is 0.500. The quantitative estimate of drug-likeness (QED) is 0.846. The van der Waals surface area contributed by atoms with Gasteiger partial charge in [-0.25, -0.2) is 8.42 Å². The molecule has 0 spiro atoms. The lowest BCUT2D eigenvalue weighted by Crippen LogP contribution is -2.28. The number of para-hydroxylation sites is 1. The van der Waals surface area contributed by atoms with Gasteiger partial charge in [-0.15, -0.1) is 0 Å². The third-order valence-electron chi connectivity index (χ3n) is 2.69. The lowest BCUT2D eigenvalue weighted by molar-refractivity contribution is -0.122. The predicted molar refractivity (Wildman–Crippen MR) is 80.9 cm³/mol. The number of hydrogen-bond donors (Lipinski definition) is 2. The minimum atomic E-state index is -3.34. The van der Waals surface area contributed by atoms with Crippen LogP contribution in [0.2, 0.25) is 0 Å². The molecule has 112 valence electrons. The first kappa shape index (κ1) is 16.5. The molecule has 0 radical (unpaired) electrons. The molecule has 20 heavy (non-hydrogen) atoms. The van der Waals surface area contributed by atoms with Crippen molar-refractivity contribution in [3.05, 3.63) is 29.8 Å². The van der Waals surface area contributed by atoms with E-state index in [-0.39, 0.29) is 17.9 Å². The topological polar surface area (TPSA) is 75.3 Å².